The summed E-state index contributed by atoms with van der Waals surface area (Å²) < 4.78 is 6.01. The number of aromatic nitrogens is 2. The smallest absolute Gasteiger partial charge is 0.160 e. The highest BCUT2D eigenvalue weighted by Crippen LogP contribution is 2.27. The number of ether oxygens (including phenoxy) is 1. The number of nitrogens with zero attached hydrogens (tertiary/aromatic N) is 2. The van der Waals surface area contributed by atoms with Gasteiger partial charge in [-0.3, -0.25) is 0 Å². The van der Waals surface area contributed by atoms with Gasteiger partial charge < -0.3 is 10.1 Å². The third-order valence-corrected chi connectivity index (χ3v) is 3.56. The van der Waals surface area contributed by atoms with E-state index in [1.807, 2.05) is 6.20 Å². The fourth-order valence-corrected chi connectivity index (χ4v) is 2.07. The molecule has 0 bridgehead atoms. The van der Waals surface area contributed by atoms with Crippen LogP contribution in [-0.2, 0) is 6.54 Å². The highest BCUT2D eigenvalue weighted by molar-refractivity contribution is 5.26. The van der Waals surface area contributed by atoms with Gasteiger partial charge in [-0.25, -0.2) is 9.97 Å². The van der Waals surface area contributed by atoms with Crippen molar-refractivity contribution in [1.29, 1.82) is 0 Å². The highest BCUT2D eigenvalue weighted by Gasteiger charge is 2.21. The average Bonchev–Trinajstić information content (AvgIpc) is 2.34. The van der Waals surface area contributed by atoms with E-state index in [-0.39, 0.29) is 0 Å². The van der Waals surface area contributed by atoms with E-state index in [0.29, 0.717) is 17.9 Å². The first-order chi connectivity index (χ1) is 9.56. The standard InChI is InChI=1S/C16H27N3O/c1-11(2)8-17-9-14-15(20-13-6-5-7-13)10-18-16(19-14)12(3)4/h10-13,17H,5-9H2,1-4H3. The number of hydrogen-bond acceptors (Lipinski definition) is 4. The Labute approximate surface area is 122 Å². The van der Waals surface area contributed by atoms with Crippen molar-refractivity contribution in [3.8, 4) is 5.75 Å². The molecule has 0 aliphatic heterocycles. The van der Waals surface area contributed by atoms with E-state index in [4.69, 9.17) is 4.74 Å². The minimum absolute atomic E-state index is 0.344. The van der Waals surface area contributed by atoms with Crippen LogP contribution in [0, 0.1) is 5.92 Å². The Morgan fingerprint density at radius 1 is 1.30 bits per heavy atom. The van der Waals surface area contributed by atoms with Crippen LogP contribution in [0.1, 0.15) is 64.4 Å². The summed E-state index contributed by atoms with van der Waals surface area (Å²) in [4.78, 5) is 9.11. The number of rotatable bonds is 7. The molecule has 112 valence electrons. The van der Waals surface area contributed by atoms with Crippen LogP contribution in [0.2, 0.25) is 0 Å². The van der Waals surface area contributed by atoms with Crippen molar-refractivity contribution in [2.24, 2.45) is 5.92 Å². The molecule has 1 saturated carbocycles. The fourth-order valence-electron chi connectivity index (χ4n) is 2.07. The lowest BCUT2D eigenvalue weighted by atomic mass is 9.96. The zero-order valence-corrected chi connectivity index (χ0v) is 13.1. The van der Waals surface area contributed by atoms with E-state index in [1.165, 1.54) is 6.42 Å². The molecular weight excluding hydrogens is 250 g/mol. The van der Waals surface area contributed by atoms with Gasteiger partial charge in [0.1, 0.15) is 5.82 Å². The molecule has 1 aromatic heterocycles. The Morgan fingerprint density at radius 3 is 2.60 bits per heavy atom. The van der Waals surface area contributed by atoms with Gasteiger partial charge >= 0.3 is 0 Å². The molecular formula is C16H27N3O. The number of hydrogen-bond donors (Lipinski definition) is 1. The topological polar surface area (TPSA) is 47.0 Å². The summed E-state index contributed by atoms with van der Waals surface area (Å²) in [6.45, 7) is 10.4. The molecule has 1 N–H and O–H groups in total. The maximum absolute atomic E-state index is 6.01. The molecule has 0 amide bonds. The van der Waals surface area contributed by atoms with Crippen LogP contribution in [0.25, 0.3) is 0 Å². The van der Waals surface area contributed by atoms with Crippen molar-refractivity contribution in [1.82, 2.24) is 15.3 Å². The molecule has 4 heteroatoms. The van der Waals surface area contributed by atoms with Crippen LogP contribution >= 0.6 is 0 Å². The predicted octanol–water partition coefficient (Wildman–Crippen LogP) is 3.28. The zero-order chi connectivity index (χ0) is 14.5. The molecule has 0 radical (unpaired) electrons. The lowest BCUT2D eigenvalue weighted by Crippen LogP contribution is -2.27. The summed E-state index contributed by atoms with van der Waals surface area (Å²) in [6.07, 6.45) is 5.81. The SMILES string of the molecule is CC(C)CNCc1nc(C(C)C)ncc1OC1CCC1. The van der Waals surface area contributed by atoms with E-state index in [9.17, 15) is 0 Å². The van der Waals surface area contributed by atoms with Gasteiger partial charge in [0.05, 0.1) is 18.0 Å². The molecule has 1 aromatic rings. The van der Waals surface area contributed by atoms with E-state index < -0.39 is 0 Å². The Balaban J connectivity index is 2.07. The van der Waals surface area contributed by atoms with Crippen LogP contribution < -0.4 is 10.1 Å². The van der Waals surface area contributed by atoms with Crippen molar-refractivity contribution in [2.45, 2.75) is 65.5 Å². The van der Waals surface area contributed by atoms with Crippen molar-refractivity contribution >= 4 is 0 Å². The third-order valence-electron chi connectivity index (χ3n) is 3.56. The molecule has 1 fully saturated rings. The van der Waals surface area contributed by atoms with Crippen LogP contribution in [-0.4, -0.2) is 22.6 Å². The van der Waals surface area contributed by atoms with Gasteiger partial charge in [-0.05, 0) is 31.7 Å². The van der Waals surface area contributed by atoms with Crippen LogP contribution in [0.4, 0.5) is 0 Å². The first kappa shape index (κ1) is 15.2. The molecule has 0 atom stereocenters. The molecule has 4 nitrogen and oxygen atoms in total. The van der Waals surface area contributed by atoms with Gasteiger partial charge in [-0.1, -0.05) is 27.7 Å². The first-order valence-electron chi connectivity index (χ1n) is 7.79. The molecule has 0 spiro atoms. The Bertz CT molecular complexity index is 428. The molecule has 1 heterocycles. The van der Waals surface area contributed by atoms with Crippen molar-refractivity contribution in [3.63, 3.8) is 0 Å². The maximum Gasteiger partial charge on any atom is 0.160 e. The van der Waals surface area contributed by atoms with Crippen molar-refractivity contribution in [3.05, 3.63) is 17.7 Å². The molecule has 1 aliphatic rings. The van der Waals surface area contributed by atoms with Gasteiger partial charge in [0.15, 0.2) is 5.75 Å². The van der Waals surface area contributed by atoms with E-state index >= 15 is 0 Å². The maximum atomic E-state index is 6.01. The fraction of sp³-hybridized carbons (Fsp3) is 0.750. The van der Waals surface area contributed by atoms with Gasteiger partial charge in [-0.2, -0.15) is 0 Å². The first-order valence-corrected chi connectivity index (χ1v) is 7.79. The van der Waals surface area contributed by atoms with Gasteiger partial charge in [0.25, 0.3) is 0 Å². The number of nitrogens with one attached hydrogen (secondary N) is 1. The predicted molar refractivity (Wildman–Crippen MR) is 80.9 cm³/mol. The monoisotopic (exact) mass is 277 g/mol. The second-order valence-electron chi connectivity index (χ2n) is 6.39. The zero-order valence-electron chi connectivity index (χ0n) is 13.1. The minimum Gasteiger partial charge on any atom is -0.487 e. The summed E-state index contributed by atoms with van der Waals surface area (Å²) in [7, 11) is 0. The summed E-state index contributed by atoms with van der Waals surface area (Å²) in [5.74, 6) is 2.73. The Kier molecular flexibility index (Phi) is 5.35. The average molecular weight is 277 g/mol. The lowest BCUT2D eigenvalue weighted by Gasteiger charge is -2.27. The van der Waals surface area contributed by atoms with Gasteiger partial charge in [0, 0.05) is 12.5 Å². The quantitative estimate of drug-likeness (QED) is 0.831. The van der Waals surface area contributed by atoms with E-state index in [2.05, 4.69) is 43.0 Å². The third kappa shape index (κ3) is 4.17. The van der Waals surface area contributed by atoms with Crippen LogP contribution in [0.3, 0.4) is 0 Å². The van der Waals surface area contributed by atoms with Crippen molar-refractivity contribution < 1.29 is 4.74 Å². The lowest BCUT2D eigenvalue weighted by molar-refractivity contribution is 0.117. The second-order valence-corrected chi connectivity index (χ2v) is 6.39. The summed E-state index contributed by atoms with van der Waals surface area (Å²) in [6, 6.07) is 0. The molecule has 1 aliphatic carbocycles. The van der Waals surface area contributed by atoms with Crippen molar-refractivity contribution in [2.75, 3.05) is 6.54 Å². The summed E-state index contributed by atoms with van der Waals surface area (Å²) in [5.41, 5.74) is 0.997. The molecule has 2 rings (SSSR count). The minimum atomic E-state index is 0.344. The van der Waals surface area contributed by atoms with Gasteiger partial charge in [-0.15, -0.1) is 0 Å². The normalized spacial score (nSPS) is 15.7. The van der Waals surface area contributed by atoms with E-state index in [1.54, 1.807) is 0 Å². The summed E-state index contributed by atoms with van der Waals surface area (Å²) >= 11 is 0. The molecule has 0 aromatic carbocycles. The van der Waals surface area contributed by atoms with Crippen LogP contribution in [0.15, 0.2) is 6.20 Å². The summed E-state index contributed by atoms with van der Waals surface area (Å²) in [5, 5.41) is 3.45. The largest absolute Gasteiger partial charge is 0.487 e. The van der Waals surface area contributed by atoms with Gasteiger partial charge in [0.2, 0.25) is 0 Å². The molecule has 0 unspecified atom stereocenters. The molecule has 0 saturated heterocycles. The Morgan fingerprint density at radius 2 is 2.05 bits per heavy atom. The second kappa shape index (κ2) is 7.02. The van der Waals surface area contributed by atoms with E-state index in [0.717, 1.165) is 43.2 Å². The molecule has 20 heavy (non-hydrogen) atoms. The van der Waals surface area contributed by atoms with Crippen LogP contribution in [0.5, 0.6) is 5.75 Å². The highest BCUT2D eigenvalue weighted by atomic mass is 16.5. The Hall–Kier alpha value is -1.16.